The fraction of sp³-hybridized carbons (Fsp3) is 0.900. The molecule has 1 N–H and O–H groups in total. The number of rotatable bonds is 6. The minimum Gasteiger partial charge on any atom is -0.382 e. The number of methoxy groups -OCH3 is 1. The van der Waals surface area contributed by atoms with Crippen LogP contribution in [0, 0.1) is 0 Å². The van der Waals surface area contributed by atoms with Crippen LogP contribution in [0.15, 0.2) is 0 Å². The van der Waals surface area contributed by atoms with Gasteiger partial charge in [0.1, 0.15) is 6.04 Å². The summed E-state index contributed by atoms with van der Waals surface area (Å²) in [5.41, 5.74) is 2.26. The Morgan fingerprint density at radius 2 is 2.11 bits per heavy atom. The van der Waals surface area contributed by atoms with Crippen LogP contribution in [0.1, 0.15) is 19.3 Å². The van der Waals surface area contributed by atoms with E-state index in [4.69, 9.17) is 9.57 Å². The van der Waals surface area contributed by atoms with Crippen LogP contribution in [-0.2, 0) is 24.4 Å². The molecule has 1 unspecified atom stereocenters. The summed E-state index contributed by atoms with van der Waals surface area (Å²) in [6.07, 6.45) is 3.25. The fourth-order valence-electron chi connectivity index (χ4n) is 1.88. The maximum atomic E-state index is 11.8. The Morgan fingerprint density at radius 1 is 1.39 bits per heavy atom. The molecule has 1 rings (SSSR count). The zero-order valence-electron chi connectivity index (χ0n) is 10.7. The van der Waals surface area contributed by atoms with Crippen molar-refractivity contribution in [3.63, 3.8) is 0 Å². The number of piperidine rings is 1. The maximum absolute atomic E-state index is 11.8. The SMILES string of the molecule is COCCONC(=O)C1CCCCN1S(C)(=O)=O. The molecule has 106 valence electrons. The Balaban J connectivity index is 2.53. The Hall–Kier alpha value is -0.700. The number of carbonyl (C=O) groups excluding carboxylic acids is 1. The molecule has 1 saturated heterocycles. The summed E-state index contributed by atoms with van der Waals surface area (Å²) in [7, 11) is -1.84. The molecule has 0 spiro atoms. The number of hydrogen-bond donors (Lipinski definition) is 1. The van der Waals surface area contributed by atoms with Gasteiger partial charge in [-0.1, -0.05) is 6.42 Å². The second-order valence-corrected chi connectivity index (χ2v) is 6.13. The van der Waals surface area contributed by atoms with Gasteiger partial charge in [-0.05, 0) is 12.8 Å². The maximum Gasteiger partial charge on any atom is 0.261 e. The first kappa shape index (κ1) is 15.4. The van der Waals surface area contributed by atoms with Gasteiger partial charge in [0, 0.05) is 13.7 Å². The molecule has 1 heterocycles. The molecular weight excluding hydrogens is 260 g/mol. The highest BCUT2D eigenvalue weighted by Gasteiger charge is 2.34. The molecule has 0 radical (unpaired) electrons. The standard InChI is InChI=1S/C10H20N2O5S/c1-16-7-8-17-11-10(13)9-5-3-4-6-12(9)18(2,14)15/h9H,3-8H2,1-2H3,(H,11,13). The van der Waals surface area contributed by atoms with Crippen LogP contribution in [0.4, 0.5) is 0 Å². The summed E-state index contributed by atoms with van der Waals surface area (Å²) in [5, 5.41) is 0. The second kappa shape index (κ2) is 7.03. The summed E-state index contributed by atoms with van der Waals surface area (Å²) in [6.45, 7) is 0.976. The molecule has 1 aliphatic heterocycles. The summed E-state index contributed by atoms with van der Waals surface area (Å²) < 4.78 is 29.1. The molecular formula is C10H20N2O5S. The highest BCUT2D eigenvalue weighted by molar-refractivity contribution is 7.88. The fourth-order valence-corrected chi connectivity index (χ4v) is 3.00. The topological polar surface area (TPSA) is 84.9 Å². The first-order chi connectivity index (χ1) is 8.46. The van der Waals surface area contributed by atoms with Gasteiger partial charge >= 0.3 is 0 Å². The predicted octanol–water partition coefficient (Wildman–Crippen LogP) is -0.505. The third-order valence-corrected chi connectivity index (χ3v) is 4.03. The summed E-state index contributed by atoms with van der Waals surface area (Å²) in [4.78, 5) is 16.7. The molecule has 7 nitrogen and oxygen atoms in total. The minimum absolute atomic E-state index is 0.230. The van der Waals surface area contributed by atoms with E-state index in [0.29, 0.717) is 19.6 Å². The van der Waals surface area contributed by atoms with Crippen LogP contribution >= 0.6 is 0 Å². The Morgan fingerprint density at radius 3 is 2.72 bits per heavy atom. The number of nitrogens with zero attached hydrogens (tertiary/aromatic N) is 1. The number of nitrogens with one attached hydrogen (secondary N) is 1. The normalized spacial score (nSPS) is 21.8. The van der Waals surface area contributed by atoms with E-state index in [-0.39, 0.29) is 6.61 Å². The third kappa shape index (κ3) is 4.52. The highest BCUT2D eigenvalue weighted by Crippen LogP contribution is 2.19. The molecule has 0 aromatic carbocycles. The van der Waals surface area contributed by atoms with Crippen molar-refractivity contribution in [1.82, 2.24) is 9.79 Å². The largest absolute Gasteiger partial charge is 0.382 e. The molecule has 18 heavy (non-hydrogen) atoms. The van der Waals surface area contributed by atoms with E-state index in [2.05, 4.69) is 5.48 Å². The number of amides is 1. The number of sulfonamides is 1. The van der Waals surface area contributed by atoms with Crippen molar-refractivity contribution in [3.8, 4) is 0 Å². The van der Waals surface area contributed by atoms with Crippen molar-refractivity contribution < 1.29 is 22.8 Å². The number of hydrogen-bond acceptors (Lipinski definition) is 5. The molecule has 1 fully saturated rings. The molecule has 1 atom stereocenters. The van der Waals surface area contributed by atoms with E-state index in [0.717, 1.165) is 19.1 Å². The quantitative estimate of drug-likeness (QED) is 0.523. The predicted molar refractivity (Wildman–Crippen MR) is 65.2 cm³/mol. The number of carbonyl (C=O) groups is 1. The van der Waals surface area contributed by atoms with E-state index in [1.165, 1.54) is 11.4 Å². The lowest BCUT2D eigenvalue weighted by Gasteiger charge is -2.32. The summed E-state index contributed by atoms with van der Waals surface area (Å²) in [6, 6.07) is -0.670. The van der Waals surface area contributed by atoms with Gasteiger partial charge in [-0.3, -0.25) is 9.63 Å². The third-order valence-electron chi connectivity index (χ3n) is 2.74. The van der Waals surface area contributed by atoms with Crippen LogP contribution in [0.5, 0.6) is 0 Å². The van der Waals surface area contributed by atoms with Crippen LogP contribution in [-0.4, -0.2) is 57.8 Å². The van der Waals surface area contributed by atoms with Gasteiger partial charge in [-0.2, -0.15) is 4.31 Å². The lowest BCUT2D eigenvalue weighted by molar-refractivity contribution is -0.139. The van der Waals surface area contributed by atoms with E-state index < -0.39 is 22.0 Å². The molecule has 0 bridgehead atoms. The van der Waals surface area contributed by atoms with Crippen molar-refractivity contribution in [3.05, 3.63) is 0 Å². The number of hydroxylamine groups is 1. The summed E-state index contributed by atoms with van der Waals surface area (Å²) in [5.74, 6) is -0.420. The lowest BCUT2D eigenvalue weighted by atomic mass is 10.0. The molecule has 0 aliphatic carbocycles. The molecule has 1 aliphatic rings. The second-order valence-electron chi connectivity index (χ2n) is 4.19. The van der Waals surface area contributed by atoms with Crippen molar-refractivity contribution in [2.24, 2.45) is 0 Å². The van der Waals surface area contributed by atoms with Gasteiger partial charge in [0.25, 0.3) is 5.91 Å². The van der Waals surface area contributed by atoms with Gasteiger partial charge in [0.2, 0.25) is 10.0 Å². The number of ether oxygens (including phenoxy) is 1. The van der Waals surface area contributed by atoms with Crippen LogP contribution in [0.2, 0.25) is 0 Å². The van der Waals surface area contributed by atoms with Crippen molar-refractivity contribution in [1.29, 1.82) is 0 Å². The summed E-state index contributed by atoms with van der Waals surface area (Å²) >= 11 is 0. The van der Waals surface area contributed by atoms with E-state index in [1.807, 2.05) is 0 Å². The monoisotopic (exact) mass is 280 g/mol. The lowest BCUT2D eigenvalue weighted by Crippen LogP contribution is -2.51. The zero-order valence-corrected chi connectivity index (χ0v) is 11.5. The van der Waals surface area contributed by atoms with E-state index in [9.17, 15) is 13.2 Å². The average Bonchev–Trinajstić information content (AvgIpc) is 2.33. The molecule has 0 aromatic heterocycles. The van der Waals surface area contributed by atoms with Gasteiger partial charge in [-0.15, -0.1) is 0 Å². The smallest absolute Gasteiger partial charge is 0.261 e. The van der Waals surface area contributed by atoms with E-state index >= 15 is 0 Å². The van der Waals surface area contributed by atoms with Gasteiger partial charge in [0.05, 0.1) is 19.5 Å². The van der Waals surface area contributed by atoms with Gasteiger partial charge < -0.3 is 4.74 Å². The van der Waals surface area contributed by atoms with Crippen molar-refractivity contribution >= 4 is 15.9 Å². The first-order valence-electron chi connectivity index (χ1n) is 5.84. The minimum atomic E-state index is -3.36. The van der Waals surface area contributed by atoms with Gasteiger partial charge in [0.15, 0.2) is 0 Å². The Labute approximate surface area is 107 Å². The van der Waals surface area contributed by atoms with Crippen LogP contribution < -0.4 is 5.48 Å². The first-order valence-corrected chi connectivity index (χ1v) is 7.69. The molecule has 8 heteroatoms. The Bertz CT molecular complexity index is 370. The molecule has 1 amide bonds. The Kier molecular flexibility index (Phi) is 6.00. The van der Waals surface area contributed by atoms with Crippen LogP contribution in [0.3, 0.4) is 0 Å². The average molecular weight is 280 g/mol. The highest BCUT2D eigenvalue weighted by atomic mass is 32.2. The van der Waals surface area contributed by atoms with E-state index in [1.54, 1.807) is 0 Å². The molecule has 0 aromatic rings. The molecule has 0 saturated carbocycles. The van der Waals surface area contributed by atoms with Crippen molar-refractivity contribution in [2.45, 2.75) is 25.3 Å². The van der Waals surface area contributed by atoms with Crippen molar-refractivity contribution in [2.75, 3.05) is 33.1 Å². The zero-order chi connectivity index (χ0) is 13.6. The van der Waals surface area contributed by atoms with Crippen LogP contribution in [0.25, 0.3) is 0 Å². The van der Waals surface area contributed by atoms with Gasteiger partial charge in [-0.25, -0.2) is 13.9 Å².